The highest BCUT2D eigenvalue weighted by Crippen LogP contribution is 1.96. The highest BCUT2D eigenvalue weighted by molar-refractivity contribution is 5.63. The Kier molecular flexibility index (Phi) is 5.92. The summed E-state index contributed by atoms with van der Waals surface area (Å²) in [5.41, 5.74) is 0. The third kappa shape index (κ3) is 7.27. The van der Waals surface area contributed by atoms with Gasteiger partial charge in [0, 0.05) is 6.54 Å². The molecule has 0 aromatic carbocycles. The van der Waals surface area contributed by atoms with E-state index >= 15 is 0 Å². The Morgan fingerprint density at radius 2 is 2.00 bits per heavy atom. The molecular formula is C7H13NO2. The van der Waals surface area contributed by atoms with E-state index < -0.39 is 6.09 Å². The Hall–Kier alpha value is -0.730. The third-order valence-corrected chi connectivity index (χ3v) is 1.20. The first-order chi connectivity index (χ1) is 4.77. The molecule has 0 atom stereocenters. The minimum Gasteiger partial charge on any atom is -0.318 e. The summed E-state index contributed by atoms with van der Waals surface area (Å²) in [5, 5.41) is 12.0. The zero-order valence-electron chi connectivity index (χ0n) is 6.06. The fourth-order valence-corrected chi connectivity index (χ4v) is 0.669. The van der Waals surface area contributed by atoms with Gasteiger partial charge in [-0.1, -0.05) is 26.2 Å². The van der Waals surface area contributed by atoms with Gasteiger partial charge in [0.1, 0.15) is 0 Å². The lowest BCUT2D eigenvalue weighted by atomic mass is 10.2. The molecule has 10 heavy (non-hydrogen) atoms. The van der Waals surface area contributed by atoms with E-state index in [1.165, 1.54) is 0 Å². The van der Waals surface area contributed by atoms with Crippen molar-refractivity contribution in [2.24, 2.45) is 0 Å². The molecule has 0 fully saturated rings. The third-order valence-electron chi connectivity index (χ3n) is 1.20. The summed E-state index contributed by atoms with van der Waals surface area (Å²) >= 11 is 0. The minimum absolute atomic E-state index is 0.502. The largest absolute Gasteiger partial charge is 0.450 e. The fourth-order valence-electron chi connectivity index (χ4n) is 0.669. The molecule has 0 bridgehead atoms. The van der Waals surface area contributed by atoms with Crippen molar-refractivity contribution in [2.75, 3.05) is 6.54 Å². The Bertz CT molecular complexity index is 93.6. The van der Waals surface area contributed by atoms with Gasteiger partial charge in [0.05, 0.1) is 0 Å². The second kappa shape index (κ2) is 6.39. The summed E-state index contributed by atoms with van der Waals surface area (Å²) in [4.78, 5) is 9.80. The van der Waals surface area contributed by atoms with Gasteiger partial charge >= 0.3 is 6.09 Å². The molecule has 58 valence electrons. The van der Waals surface area contributed by atoms with Gasteiger partial charge in [0.2, 0.25) is 0 Å². The summed E-state index contributed by atoms with van der Waals surface area (Å²) in [7, 11) is 0. The lowest BCUT2D eigenvalue weighted by Crippen LogP contribution is -2.20. The quantitative estimate of drug-likeness (QED) is 0.583. The summed E-state index contributed by atoms with van der Waals surface area (Å²) in [5.74, 6) is 0. The number of nitrogens with one attached hydrogen (secondary N) is 1. The monoisotopic (exact) mass is 143 g/mol. The molecule has 0 unspecified atom stereocenters. The van der Waals surface area contributed by atoms with Crippen LogP contribution in [-0.4, -0.2) is 12.6 Å². The van der Waals surface area contributed by atoms with Gasteiger partial charge in [-0.25, -0.2) is 9.90 Å². The van der Waals surface area contributed by atoms with E-state index in [9.17, 15) is 9.90 Å². The molecule has 1 amide bonds. The first-order valence-corrected chi connectivity index (χ1v) is 3.51. The lowest BCUT2D eigenvalue weighted by Gasteiger charge is -1.97. The van der Waals surface area contributed by atoms with E-state index in [0.717, 1.165) is 25.7 Å². The maximum Gasteiger partial charge on any atom is 0.450 e. The molecule has 3 nitrogen and oxygen atoms in total. The number of rotatable bonds is 5. The SMILES string of the molecule is [CH2]CCCCCNC([O])=O. The first-order valence-electron chi connectivity index (χ1n) is 3.51. The van der Waals surface area contributed by atoms with Crippen molar-refractivity contribution in [1.82, 2.24) is 5.32 Å². The predicted octanol–water partition coefficient (Wildman–Crippen LogP) is 1.52. The van der Waals surface area contributed by atoms with E-state index in [0.29, 0.717) is 6.54 Å². The van der Waals surface area contributed by atoms with Crippen LogP contribution < -0.4 is 5.32 Å². The lowest BCUT2D eigenvalue weighted by molar-refractivity contribution is 0.168. The minimum atomic E-state index is -1.19. The molecular weight excluding hydrogens is 130 g/mol. The van der Waals surface area contributed by atoms with Crippen LogP contribution in [0.25, 0.3) is 0 Å². The molecule has 0 rings (SSSR count). The number of carbonyl (C=O) groups excluding carboxylic acids is 1. The molecule has 0 aliphatic rings. The summed E-state index contributed by atoms with van der Waals surface area (Å²) in [6.07, 6.45) is 2.71. The van der Waals surface area contributed by atoms with Crippen LogP contribution >= 0.6 is 0 Å². The average molecular weight is 143 g/mol. The van der Waals surface area contributed by atoms with Crippen molar-refractivity contribution in [3.63, 3.8) is 0 Å². The zero-order chi connectivity index (χ0) is 7.82. The molecule has 0 aliphatic carbocycles. The maximum absolute atomic E-state index is 9.80. The van der Waals surface area contributed by atoms with Crippen molar-refractivity contribution in [1.29, 1.82) is 0 Å². The van der Waals surface area contributed by atoms with E-state index in [2.05, 4.69) is 12.2 Å². The maximum atomic E-state index is 9.80. The van der Waals surface area contributed by atoms with Crippen LogP contribution in [0, 0.1) is 6.92 Å². The molecule has 0 spiro atoms. The highest BCUT2D eigenvalue weighted by Gasteiger charge is 1.93. The standard InChI is InChI=1S/C7H13NO2/c1-2-3-4-5-6-8-7(9)10/h8H,1-6H2. The Morgan fingerprint density at radius 3 is 2.50 bits per heavy atom. The van der Waals surface area contributed by atoms with Gasteiger partial charge in [-0.2, -0.15) is 0 Å². The smallest absolute Gasteiger partial charge is 0.318 e. The molecule has 0 aliphatic heterocycles. The summed E-state index contributed by atoms with van der Waals surface area (Å²) in [6.45, 7) is 4.17. The van der Waals surface area contributed by atoms with Crippen LogP contribution in [-0.2, 0) is 5.11 Å². The molecule has 0 saturated carbocycles. The molecule has 3 heteroatoms. The number of amides is 1. The normalized spacial score (nSPS) is 9.30. The Balaban J connectivity index is 2.84. The molecule has 2 radical (unpaired) electrons. The van der Waals surface area contributed by atoms with Gasteiger partial charge in [0.25, 0.3) is 0 Å². The Labute approximate surface area is 61.4 Å². The van der Waals surface area contributed by atoms with Crippen molar-refractivity contribution < 1.29 is 9.90 Å². The van der Waals surface area contributed by atoms with Gasteiger partial charge < -0.3 is 5.32 Å². The molecule has 0 saturated heterocycles. The molecule has 1 N–H and O–H groups in total. The van der Waals surface area contributed by atoms with Crippen LogP contribution in [0.5, 0.6) is 0 Å². The second-order valence-corrected chi connectivity index (χ2v) is 2.13. The van der Waals surface area contributed by atoms with Gasteiger partial charge in [0.15, 0.2) is 0 Å². The van der Waals surface area contributed by atoms with E-state index in [1.54, 1.807) is 0 Å². The van der Waals surface area contributed by atoms with Crippen molar-refractivity contribution in [3.8, 4) is 0 Å². The summed E-state index contributed by atoms with van der Waals surface area (Å²) in [6, 6.07) is 0. The van der Waals surface area contributed by atoms with Crippen LogP contribution in [0.1, 0.15) is 25.7 Å². The van der Waals surface area contributed by atoms with E-state index in [-0.39, 0.29) is 0 Å². The van der Waals surface area contributed by atoms with Crippen LogP contribution in [0.15, 0.2) is 0 Å². The molecule has 0 heterocycles. The van der Waals surface area contributed by atoms with E-state index in [1.807, 2.05) is 0 Å². The molecule has 0 aromatic heterocycles. The van der Waals surface area contributed by atoms with Gasteiger partial charge in [-0.15, -0.1) is 0 Å². The molecule has 0 aromatic rings. The van der Waals surface area contributed by atoms with Crippen LogP contribution in [0.4, 0.5) is 4.79 Å². The highest BCUT2D eigenvalue weighted by atomic mass is 16.4. The van der Waals surface area contributed by atoms with Crippen LogP contribution in [0.2, 0.25) is 0 Å². The number of hydrogen-bond donors (Lipinski definition) is 1. The van der Waals surface area contributed by atoms with E-state index in [4.69, 9.17) is 0 Å². The van der Waals surface area contributed by atoms with Gasteiger partial charge in [-0.3, -0.25) is 0 Å². The summed E-state index contributed by atoms with van der Waals surface area (Å²) < 4.78 is 0. The van der Waals surface area contributed by atoms with Crippen molar-refractivity contribution >= 4 is 6.09 Å². The topological polar surface area (TPSA) is 49.0 Å². The second-order valence-electron chi connectivity index (χ2n) is 2.13. The van der Waals surface area contributed by atoms with Crippen LogP contribution in [0.3, 0.4) is 0 Å². The average Bonchev–Trinajstić information content (AvgIpc) is 1.87. The number of unbranched alkanes of at least 4 members (excludes halogenated alkanes) is 3. The fraction of sp³-hybridized carbons (Fsp3) is 0.714. The zero-order valence-corrected chi connectivity index (χ0v) is 6.06. The number of carbonyl (C=O) groups is 1. The number of hydrogen-bond acceptors (Lipinski definition) is 1. The van der Waals surface area contributed by atoms with Crippen molar-refractivity contribution in [3.05, 3.63) is 6.92 Å². The first kappa shape index (κ1) is 9.27. The van der Waals surface area contributed by atoms with Gasteiger partial charge in [-0.05, 0) is 6.42 Å². The van der Waals surface area contributed by atoms with Crippen molar-refractivity contribution in [2.45, 2.75) is 25.7 Å². The Morgan fingerprint density at radius 1 is 1.30 bits per heavy atom. The predicted molar refractivity (Wildman–Crippen MR) is 37.9 cm³/mol.